The lowest BCUT2D eigenvalue weighted by atomic mass is 10.1. The lowest BCUT2D eigenvalue weighted by Gasteiger charge is -2.33. The average Bonchev–Trinajstić information content (AvgIpc) is 2.63. The summed E-state index contributed by atoms with van der Waals surface area (Å²) in [5.41, 5.74) is 1.46. The Morgan fingerprint density at radius 1 is 1.21 bits per heavy atom. The van der Waals surface area contributed by atoms with Gasteiger partial charge < -0.3 is 14.4 Å². The summed E-state index contributed by atoms with van der Waals surface area (Å²) in [5, 5.41) is 0.976. The Bertz CT molecular complexity index is 751. The third-order valence-electron chi connectivity index (χ3n) is 4.01. The van der Waals surface area contributed by atoms with E-state index in [4.69, 9.17) is 32.7 Å². The van der Waals surface area contributed by atoms with Crippen LogP contribution < -0.4 is 4.74 Å². The number of carbonyl (C=O) groups is 1. The number of hydrogen-bond acceptors (Lipinski definition) is 3. The van der Waals surface area contributed by atoms with Gasteiger partial charge in [-0.15, -0.1) is 0 Å². The maximum Gasteiger partial charge on any atom is 0.257 e. The molecule has 2 aromatic carbocycles. The highest BCUT2D eigenvalue weighted by Gasteiger charge is 2.27. The van der Waals surface area contributed by atoms with Gasteiger partial charge in [-0.05, 0) is 29.8 Å². The van der Waals surface area contributed by atoms with E-state index in [-0.39, 0.29) is 12.0 Å². The van der Waals surface area contributed by atoms with Crippen LogP contribution in [0, 0.1) is 0 Å². The molecule has 0 spiro atoms. The molecule has 0 saturated carbocycles. The van der Waals surface area contributed by atoms with Crippen LogP contribution in [0.1, 0.15) is 22.0 Å². The minimum atomic E-state index is -0.229. The number of ether oxygens (including phenoxy) is 2. The second kappa shape index (κ2) is 7.43. The van der Waals surface area contributed by atoms with E-state index in [0.29, 0.717) is 41.1 Å². The topological polar surface area (TPSA) is 38.8 Å². The molecule has 1 unspecified atom stereocenters. The fraction of sp³-hybridized carbons (Fsp3) is 0.278. The van der Waals surface area contributed by atoms with Crippen molar-refractivity contribution < 1.29 is 14.3 Å². The Morgan fingerprint density at radius 2 is 2.00 bits per heavy atom. The van der Waals surface area contributed by atoms with E-state index >= 15 is 0 Å². The van der Waals surface area contributed by atoms with Crippen LogP contribution in [0.2, 0.25) is 10.0 Å². The molecule has 6 heteroatoms. The van der Waals surface area contributed by atoms with Gasteiger partial charge in [0.1, 0.15) is 11.9 Å². The Morgan fingerprint density at radius 3 is 2.75 bits per heavy atom. The molecule has 1 saturated heterocycles. The maximum atomic E-state index is 12.8. The number of amides is 1. The van der Waals surface area contributed by atoms with E-state index in [1.165, 1.54) is 0 Å². The van der Waals surface area contributed by atoms with Crippen LogP contribution in [0.5, 0.6) is 5.75 Å². The number of halogens is 2. The van der Waals surface area contributed by atoms with Gasteiger partial charge in [-0.1, -0.05) is 41.4 Å². The lowest BCUT2D eigenvalue weighted by Crippen LogP contribution is -2.42. The van der Waals surface area contributed by atoms with Crippen molar-refractivity contribution in [2.24, 2.45) is 0 Å². The molecule has 24 heavy (non-hydrogen) atoms. The van der Waals surface area contributed by atoms with Gasteiger partial charge in [0.25, 0.3) is 5.91 Å². The number of nitrogens with zero attached hydrogens (tertiary/aromatic N) is 1. The standard InChI is InChI=1S/C18H17Cl2NO3/c1-23-16-5-3-2-4-13(16)18(22)21-8-9-24-17(11-21)12-6-7-14(19)15(20)10-12/h2-7,10,17H,8-9,11H2,1H3. The van der Waals surface area contributed by atoms with Crippen LogP contribution in [0.25, 0.3) is 0 Å². The highest BCUT2D eigenvalue weighted by atomic mass is 35.5. The van der Waals surface area contributed by atoms with Crippen molar-refractivity contribution in [3.63, 3.8) is 0 Å². The summed E-state index contributed by atoms with van der Waals surface area (Å²) in [6.45, 7) is 1.45. The number of hydrogen-bond donors (Lipinski definition) is 0. The number of carbonyl (C=O) groups excluding carboxylic acids is 1. The third kappa shape index (κ3) is 3.51. The van der Waals surface area contributed by atoms with Crippen LogP contribution in [0.4, 0.5) is 0 Å². The van der Waals surface area contributed by atoms with Gasteiger partial charge in [0.2, 0.25) is 0 Å². The summed E-state index contributed by atoms with van der Waals surface area (Å²) in [6, 6.07) is 12.6. The molecule has 0 bridgehead atoms. The molecule has 1 aliphatic heterocycles. The van der Waals surface area contributed by atoms with Gasteiger partial charge in [0.15, 0.2) is 0 Å². The molecule has 0 radical (unpaired) electrons. The normalized spacial score (nSPS) is 17.6. The Hall–Kier alpha value is -1.75. The predicted octanol–water partition coefficient (Wildman–Crippen LogP) is 4.22. The van der Waals surface area contributed by atoms with E-state index < -0.39 is 0 Å². The molecular formula is C18H17Cl2NO3. The lowest BCUT2D eigenvalue weighted by molar-refractivity contribution is -0.0229. The number of benzene rings is 2. The molecule has 126 valence electrons. The Kier molecular flexibility index (Phi) is 5.29. The minimum absolute atomic E-state index is 0.0687. The Balaban J connectivity index is 1.80. The number of para-hydroxylation sites is 1. The van der Waals surface area contributed by atoms with Gasteiger partial charge in [-0.3, -0.25) is 4.79 Å². The van der Waals surface area contributed by atoms with Crippen molar-refractivity contribution in [2.75, 3.05) is 26.8 Å². The fourth-order valence-electron chi connectivity index (χ4n) is 2.74. The van der Waals surface area contributed by atoms with Crippen LogP contribution >= 0.6 is 23.2 Å². The van der Waals surface area contributed by atoms with E-state index in [1.54, 1.807) is 36.3 Å². The molecule has 1 heterocycles. The first-order valence-electron chi connectivity index (χ1n) is 7.59. The third-order valence-corrected chi connectivity index (χ3v) is 4.75. The van der Waals surface area contributed by atoms with Crippen molar-refractivity contribution >= 4 is 29.1 Å². The van der Waals surface area contributed by atoms with Gasteiger partial charge >= 0.3 is 0 Å². The van der Waals surface area contributed by atoms with Gasteiger partial charge in [-0.2, -0.15) is 0 Å². The summed E-state index contributed by atoms with van der Waals surface area (Å²) >= 11 is 12.0. The molecule has 1 fully saturated rings. The van der Waals surface area contributed by atoms with E-state index in [0.717, 1.165) is 5.56 Å². The van der Waals surface area contributed by atoms with Gasteiger partial charge in [-0.25, -0.2) is 0 Å². The van der Waals surface area contributed by atoms with Crippen LogP contribution in [0.15, 0.2) is 42.5 Å². The smallest absolute Gasteiger partial charge is 0.257 e. The number of morpholine rings is 1. The van der Waals surface area contributed by atoms with Crippen molar-refractivity contribution in [3.8, 4) is 5.75 Å². The first kappa shape index (κ1) is 17.1. The summed E-state index contributed by atoms with van der Waals surface area (Å²) in [7, 11) is 1.56. The molecule has 0 aromatic heterocycles. The SMILES string of the molecule is COc1ccccc1C(=O)N1CCOC(c2ccc(Cl)c(Cl)c2)C1. The van der Waals surface area contributed by atoms with Crippen LogP contribution in [-0.2, 0) is 4.74 Å². The zero-order valence-corrected chi connectivity index (χ0v) is 14.7. The fourth-order valence-corrected chi connectivity index (χ4v) is 3.05. The molecule has 1 amide bonds. The van der Waals surface area contributed by atoms with Crippen molar-refractivity contribution in [3.05, 3.63) is 63.6 Å². The summed E-state index contributed by atoms with van der Waals surface area (Å²) in [6.07, 6.45) is -0.229. The first-order valence-corrected chi connectivity index (χ1v) is 8.34. The van der Waals surface area contributed by atoms with Crippen molar-refractivity contribution in [1.29, 1.82) is 0 Å². The maximum absolute atomic E-state index is 12.8. The predicted molar refractivity (Wildman–Crippen MR) is 94.1 cm³/mol. The Labute approximate surface area is 150 Å². The summed E-state index contributed by atoms with van der Waals surface area (Å²) < 4.78 is 11.1. The molecule has 2 aromatic rings. The van der Waals surface area contributed by atoms with Crippen LogP contribution in [-0.4, -0.2) is 37.6 Å². The average molecular weight is 366 g/mol. The van der Waals surface area contributed by atoms with Crippen molar-refractivity contribution in [1.82, 2.24) is 4.90 Å². The molecule has 3 rings (SSSR count). The molecule has 0 aliphatic carbocycles. The summed E-state index contributed by atoms with van der Waals surface area (Å²) in [4.78, 5) is 14.6. The van der Waals surface area contributed by atoms with E-state index in [9.17, 15) is 4.79 Å². The highest BCUT2D eigenvalue weighted by Crippen LogP contribution is 2.30. The van der Waals surface area contributed by atoms with E-state index in [2.05, 4.69) is 0 Å². The quantitative estimate of drug-likeness (QED) is 0.817. The second-order valence-electron chi connectivity index (χ2n) is 5.48. The monoisotopic (exact) mass is 365 g/mol. The minimum Gasteiger partial charge on any atom is -0.496 e. The second-order valence-corrected chi connectivity index (χ2v) is 6.30. The van der Waals surface area contributed by atoms with Gasteiger partial charge in [0, 0.05) is 6.54 Å². The number of rotatable bonds is 3. The van der Waals surface area contributed by atoms with Crippen LogP contribution in [0.3, 0.4) is 0 Å². The zero-order valence-electron chi connectivity index (χ0n) is 13.2. The largest absolute Gasteiger partial charge is 0.496 e. The molecule has 1 atom stereocenters. The molecule has 1 aliphatic rings. The zero-order chi connectivity index (χ0) is 17.1. The molecule has 4 nitrogen and oxygen atoms in total. The number of methoxy groups -OCH3 is 1. The highest BCUT2D eigenvalue weighted by molar-refractivity contribution is 6.42. The van der Waals surface area contributed by atoms with Gasteiger partial charge in [0.05, 0.1) is 35.9 Å². The molecular weight excluding hydrogens is 349 g/mol. The summed E-state index contributed by atoms with van der Waals surface area (Å²) in [5.74, 6) is 0.501. The first-order chi connectivity index (χ1) is 11.6. The van der Waals surface area contributed by atoms with E-state index in [1.807, 2.05) is 18.2 Å². The molecule has 0 N–H and O–H groups in total. The van der Waals surface area contributed by atoms with Crippen molar-refractivity contribution in [2.45, 2.75) is 6.10 Å².